The molecule has 1 aromatic heterocycles. The maximum Gasteiger partial charge on any atom is 0.328 e. The number of nitrogens with zero attached hydrogens (tertiary/aromatic N) is 2. The highest BCUT2D eigenvalue weighted by molar-refractivity contribution is 5.84. The van der Waals surface area contributed by atoms with Crippen molar-refractivity contribution < 1.29 is 23.8 Å². The first-order valence-corrected chi connectivity index (χ1v) is 9.80. The van der Waals surface area contributed by atoms with E-state index in [2.05, 4.69) is 15.3 Å². The molecule has 2 atom stereocenters. The van der Waals surface area contributed by atoms with Crippen LogP contribution in [0.25, 0.3) is 0 Å². The van der Waals surface area contributed by atoms with Crippen LogP contribution in [-0.4, -0.2) is 60.8 Å². The van der Waals surface area contributed by atoms with Crippen LogP contribution in [0.3, 0.4) is 0 Å². The van der Waals surface area contributed by atoms with Crippen LogP contribution >= 0.6 is 0 Å². The van der Waals surface area contributed by atoms with Gasteiger partial charge in [0.25, 0.3) is 0 Å². The SMILES string of the molecule is COC(=O)[C@H](NC(=O)N1CCc2[nH]cnc2[C@@H]1c1cccc(OC)c1OC)C(C)C. The van der Waals surface area contributed by atoms with Gasteiger partial charge in [-0.3, -0.25) is 0 Å². The summed E-state index contributed by atoms with van der Waals surface area (Å²) in [4.78, 5) is 34.8. The van der Waals surface area contributed by atoms with Crippen LogP contribution in [0.2, 0.25) is 0 Å². The van der Waals surface area contributed by atoms with Crippen molar-refractivity contribution in [3.05, 3.63) is 41.5 Å². The molecule has 9 heteroatoms. The quantitative estimate of drug-likeness (QED) is 0.700. The lowest BCUT2D eigenvalue weighted by molar-refractivity contribution is -0.144. The van der Waals surface area contributed by atoms with Crippen molar-refractivity contribution in [3.63, 3.8) is 0 Å². The molecular formula is C21H28N4O5. The highest BCUT2D eigenvalue weighted by Gasteiger charge is 2.38. The van der Waals surface area contributed by atoms with Gasteiger partial charge in [-0.2, -0.15) is 0 Å². The zero-order chi connectivity index (χ0) is 21.8. The minimum Gasteiger partial charge on any atom is -0.493 e. The number of imidazole rings is 1. The number of H-pyrrole nitrogens is 1. The number of nitrogens with one attached hydrogen (secondary N) is 2. The Morgan fingerprint density at radius 1 is 1.23 bits per heavy atom. The average molecular weight is 416 g/mol. The molecule has 2 N–H and O–H groups in total. The average Bonchev–Trinajstić information content (AvgIpc) is 3.24. The summed E-state index contributed by atoms with van der Waals surface area (Å²) in [5.74, 6) is 0.489. The van der Waals surface area contributed by atoms with Gasteiger partial charge < -0.3 is 29.4 Å². The summed E-state index contributed by atoms with van der Waals surface area (Å²) in [7, 11) is 4.44. The Hall–Kier alpha value is -3.23. The van der Waals surface area contributed by atoms with Crippen molar-refractivity contribution in [1.29, 1.82) is 0 Å². The molecule has 2 amide bonds. The molecule has 0 spiro atoms. The third-order valence-electron chi connectivity index (χ3n) is 5.31. The van der Waals surface area contributed by atoms with E-state index in [-0.39, 0.29) is 11.9 Å². The van der Waals surface area contributed by atoms with E-state index in [1.807, 2.05) is 26.0 Å². The fraction of sp³-hybridized carbons (Fsp3) is 0.476. The number of hydrogen-bond acceptors (Lipinski definition) is 6. The molecule has 3 rings (SSSR count). The predicted molar refractivity (Wildman–Crippen MR) is 110 cm³/mol. The standard InChI is InChI=1S/C21H28N4O5/c1-12(2)16(20(26)30-5)24-21(27)25-10-9-14-17(23-11-22-14)18(25)13-7-6-8-15(28-3)19(13)29-4/h6-8,11-12,16,18H,9-10H2,1-5H3,(H,22,23)(H,24,27)/t16-,18+/m1/s1. The molecule has 1 aliphatic rings. The minimum absolute atomic E-state index is 0.128. The van der Waals surface area contributed by atoms with E-state index in [9.17, 15) is 9.59 Å². The van der Waals surface area contributed by atoms with E-state index in [1.165, 1.54) is 7.11 Å². The molecule has 2 heterocycles. The molecule has 2 aromatic rings. The summed E-state index contributed by atoms with van der Waals surface area (Å²) < 4.78 is 15.9. The first-order chi connectivity index (χ1) is 14.4. The Morgan fingerprint density at radius 3 is 2.63 bits per heavy atom. The van der Waals surface area contributed by atoms with E-state index in [1.54, 1.807) is 31.5 Å². The van der Waals surface area contributed by atoms with Crippen LogP contribution in [0.5, 0.6) is 11.5 Å². The molecule has 30 heavy (non-hydrogen) atoms. The summed E-state index contributed by atoms with van der Waals surface area (Å²) in [6, 6.07) is 3.90. The third kappa shape index (κ3) is 3.92. The van der Waals surface area contributed by atoms with E-state index < -0.39 is 18.1 Å². The number of ether oxygens (including phenoxy) is 3. The number of methoxy groups -OCH3 is 3. The van der Waals surface area contributed by atoms with E-state index in [0.717, 1.165) is 17.0 Å². The number of esters is 1. The van der Waals surface area contributed by atoms with Gasteiger partial charge in [-0.05, 0) is 12.0 Å². The van der Waals surface area contributed by atoms with E-state index in [0.29, 0.717) is 24.5 Å². The fourth-order valence-electron chi connectivity index (χ4n) is 3.78. The molecule has 0 saturated carbocycles. The third-order valence-corrected chi connectivity index (χ3v) is 5.31. The zero-order valence-electron chi connectivity index (χ0n) is 17.9. The van der Waals surface area contributed by atoms with Crippen molar-refractivity contribution in [2.75, 3.05) is 27.9 Å². The lowest BCUT2D eigenvalue weighted by Gasteiger charge is -2.37. The maximum absolute atomic E-state index is 13.3. The van der Waals surface area contributed by atoms with Gasteiger partial charge in [-0.25, -0.2) is 14.6 Å². The van der Waals surface area contributed by atoms with Crippen molar-refractivity contribution in [1.82, 2.24) is 20.2 Å². The molecular weight excluding hydrogens is 388 g/mol. The molecule has 0 aliphatic carbocycles. The summed E-state index contributed by atoms with van der Waals surface area (Å²) in [6.07, 6.45) is 2.24. The summed E-state index contributed by atoms with van der Waals surface area (Å²) in [6.45, 7) is 4.15. The molecule has 0 radical (unpaired) electrons. The topological polar surface area (TPSA) is 106 Å². The highest BCUT2D eigenvalue weighted by atomic mass is 16.5. The summed E-state index contributed by atoms with van der Waals surface area (Å²) in [5.41, 5.74) is 2.45. The molecule has 162 valence electrons. The number of aromatic nitrogens is 2. The Bertz CT molecular complexity index is 911. The van der Waals surface area contributed by atoms with Gasteiger partial charge in [0.1, 0.15) is 12.1 Å². The van der Waals surface area contributed by atoms with Crippen molar-refractivity contribution >= 4 is 12.0 Å². The molecule has 0 saturated heterocycles. The number of para-hydroxylation sites is 1. The maximum atomic E-state index is 13.3. The minimum atomic E-state index is -0.754. The van der Waals surface area contributed by atoms with Gasteiger partial charge in [0.15, 0.2) is 11.5 Å². The lowest BCUT2D eigenvalue weighted by Crippen LogP contribution is -2.53. The second-order valence-electron chi connectivity index (χ2n) is 7.39. The smallest absolute Gasteiger partial charge is 0.328 e. The number of fused-ring (bicyclic) bond motifs is 1. The van der Waals surface area contributed by atoms with Gasteiger partial charge in [0, 0.05) is 24.2 Å². The fourth-order valence-corrected chi connectivity index (χ4v) is 3.78. The van der Waals surface area contributed by atoms with Gasteiger partial charge in [-0.15, -0.1) is 0 Å². The number of carbonyl (C=O) groups excluding carboxylic acids is 2. The number of urea groups is 1. The Kier molecular flexibility index (Phi) is 6.49. The van der Waals surface area contributed by atoms with Crippen LogP contribution < -0.4 is 14.8 Å². The first kappa shape index (κ1) is 21.5. The lowest BCUT2D eigenvalue weighted by atomic mass is 9.94. The van der Waals surface area contributed by atoms with E-state index >= 15 is 0 Å². The second-order valence-corrected chi connectivity index (χ2v) is 7.39. The Balaban J connectivity index is 2.02. The predicted octanol–water partition coefficient (Wildman–Crippen LogP) is 2.28. The molecule has 0 fully saturated rings. The van der Waals surface area contributed by atoms with Crippen molar-refractivity contribution in [2.45, 2.75) is 32.4 Å². The molecule has 1 aromatic carbocycles. The van der Waals surface area contributed by atoms with Crippen molar-refractivity contribution in [2.24, 2.45) is 5.92 Å². The van der Waals surface area contributed by atoms with Gasteiger partial charge in [0.2, 0.25) is 0 Å². The summed E-state index contributed by atoms with van der Waals surface area (Å²) >= 11 is 0. The number of aromatic amines is 1. The van der Waals surface area contributed by atoms with Crippen LogP contribution in [0, 0.1) is 5.92 Å². The van der Waals surface area contributed by atoms with Crippen LogP contribution in [-0.2, 0) is 16.0 Å². The second kappa shape index (κ2) is 9.06. The van der Waals surface area contributed by atoms with Crippen LogP contribution in [0.15, 0.2) is 24.5 Å². The number of hydrogen-bond donors (Lipinski definition) is 2. The normalized spacial score (nSPS) is 16.6. The van der Waals surface area contributed by atoms with Gasteiger partial charge in [-0.1, -0.05) is 26.0 Å². The number of benzene rings is 1. The van der Waals surface area contributed by atoms with Gasteiger partial charge in [0.05, 0.1) is 33.4 Å². The van der Waals surface area contributed by atoms with Crippen LogP contribution in [0.1, 0.15) is 36.8 Å². The van der Waals surface area contributed by atoms with Crippen molar-refractivity contribution in [3.8, 4) is 11.5 Å². The molecule has 9 nitrogen and oxygen atoms in total. The number of carbonyl (C=O) groups is 2. The van der Waals surface area contributed by atoms with Crippen LogP contribution in [0.4, 0.5) is 4.79 Å². The number of rotatable bonds is 6. The molecule has 1 aliphatic heterocycles. The molecule has 0 bridgehead atoms. The monoisotopic (exact) mass is 416 g/mol. The Morgan fingerprint density at radius 2 is 2.00 bits per heavy atom. The number of amides is 2. The van der Waals surface area contributed by atoms with E-state index in [4.69, 9.17) is 14.2 Å². The zero-order valence-corrected chi connectivity index (χ0v) is 17.9. The first-order valence-electron chi connectivity index (χ1n) is 9.80. The van der Waals surface area contributed by atoms with Gasteiger partial charge >= 0.3 is 12.0 Å². The highest BCUT2D eigenvalue weighted by Crippen LogP contribution is 2.42. The largest absolute Gasteiger partial charge is 0.493 e. The summed E-state index contributed by atoms with van der Waals surface area (Å²) in [5, 5.41) is 2.83. The molecule has 0 unspecified atom stereocenters. The Labute approximate surface area is 175 Å².